The van der Waals surface area contributed by atoms with Crippen molar-refractivity contribution in [2.45, 2.75) is 12.3 Å². The Bertz CT molecular complexity index is 3010. The summed E-state index contributed by atoms with van der Waals surface area (Å²) in [5, 5.41) is -0.256. The van der Waals surface area contributed by atoms with Gasteiger partial charge in [0.2, 0.25) is 0 Å². The molecule has 8 rings (SSSR count). The van der Waals surface area contributed by atoms with Gasteiger partial charge in [-0.25, -0.2) is 0 Å². The summed E-state index contributed by atoms with van der Waals surface area (Å²) in [6.45, 7) is 1.40. The first-order valence-electron chi connectivity index (χ1n) is 21.7. The third-order valence-electron chi connectivity index (χ3n) is 7.19. The predicted octanol–water partition coefficient (Wildman–Crippen LogP) is 10.4. The highest BCUT2D eigenvalue weighted by molar-refractivity contribution is 6.09. The van der Waals surface area contributed by atoms with Crippen LogP contribution in [0.25, 0.3) is 33.1 Å². The average Bonchev–Trinajstić information content (AvgIpc) is 3.70. The summed E-state index contributed by atoms with van der Waals surface area (Å²) >= 11 is 0. The molecule has 0 fully saturated rings. The molecule has 2 heteroatoms. The predicted molar refractivity (Wildman–Crippen MR) is 166 cm³/mol. The van der Waals surface area contributed by atoms with E-state index in [1.165, 1.54) is 6.92 Å². The zero-order valence-corrected chi connectivity index (χ0v) is 20.7. The van der Waals surface area contributed by atoms with Crippen LogP contribution in [-0.2, 0) is 5.41 Å². The fraction of sp³-hybridized carbons (Fsp3) is 0.0526. The van der Waals surface area contributed by atoms with Gasteiger partial charge in [-0.2, -0.15) is 0 Å². The number of para-hydroxylation sites is 3. The molecule has 0 bridgehead atoms. The highest BCUT2D eigenvalue weighted by atomic mass is 16.3. The molecule has 0 saturated carbocycles. The van der Waals surface area contributed by atoms with Crippen molar-refractivity contribution >= 4 is 39.0 Å². The Hall–Kier alpha value is -5.08. The summed E-state index contributed by atoms with van der Waals surface area (Å²) in [6.07, 6.45) is 0. The fourth-order valence-corrected chi connectivity index (χ4v) is 5.51. The van der Waals surface area contributed by atoms with Crippen LogP contribution >= 0.6 is 0 Å². The van der Waals surface area contributed by atoms with Crippen LogP contribution in [-0.4, -0.2) is 0 Å². The van der Waals surface area contributed by atoms with E-state index < -0.39 is 114 Å². The van der Waals surface area contributed by atoms with Crippen LogP contribution in [0, 0.1) is 0 Å². The van der Waals surface area contributed by atoms with Gasteiger partial charge in [0, 0.05) is 33.1 Å². The minimum atomic E-state index is -2.18. The number of fused-ring (bicyclic) bond motifs is 6. The Kier molecular flexibility index (Phi) is 2.36. The highest BCUT2D eigenvalue weighted by Crippen LogP contribution is 2.57. The zero-order valence-electron chi connectivity index (χ0n) is 39.7. The lowest BCUT2D eigenvalue weighted by Crippen LogP contribution is -2.26. The molecule has 0 radical (unpaired) electrons. The molecule has 2 nitrogen and oxygen atoms in total. The molecule has 190 valence electrons. The largest absolute Gasteiger partial charge is 0.456 e. The van der Waals surface area contributed by atoms with Crippen molar-refractivity contribution in [2.75, 3.05) is 4.90 Å². The minimum absolute atomic E-state index is 0.110. The number of benzene rings is 6. The van der Waals surface area contributed by atoms with Crippen LogP contribution < -0.4 is 4.90 Å². The Morgan fingerprint density at radius 2 is 1.25 bits per heavy atom. The fourth-order valence-electron chi connectivity index (χ4n) is 5.51. The molecule has 1 aliphatic rings. The van der Waals surface area contributed by atoms with E-state index in [1.54, 1.807) is 0 Å². The molecule has 0 amide bonds. The van der Waals surface area contributed by atoms with Gasteiger partial charge in [0.05, 0.1) is 31.7 Å². The lowest BCUT2D eigenvalue weighted by atomic mass is 9.72. The van der Waals surface area contributed by atoms with Crippen LogP contribution in [0.2, 0.25) is 0 Å². The van der Waals surface area contributed by atoms with E-state index in [-0.39, 0.29) is 72.9 Å². The van der Waals surface area contributed by atoms with E-state index in [4.69, 9.17) is 26.3 Å². The average molecular weight is 533 g/mol. The van der Waals surface area contributed by atoms with Crippen molar-refractivity contribution in [1.29, 1.82) is 0 Å². The summed E-state index contributed by atoms with van der Waals surface area (Å²) in [6, 6.07) is -5.84. The molecule has 1 aromatic heterocycles. The minimum Gasteiger partial charge on any atom is -0.456 e. The monoisotopic (exact) mass is 532 g/mol. The van der Waals surface area contributed by atoms with Crippen LogP contribution in [0.4, 0.5) is 17.1 Å². The molecule has 0 atom stereocenters. The Morgan fingerprint density at radius 1 is 0.600 bits per heavy atom. The van der Waals surface area contributed by atoms with Crippen LogP contribution in [0.1, 0.15) is 49.7 Å². The molecule has 7 aromatic rings. The molecular weight excluding hydrogens is 486 g/mol. The van der Waals surface area contributed by atoms with Gasteiger partial charge in [-0.1, -0.05) is 103 Å². The van der Waals surface area contributed by atoms with Crippen molar-refractivity contribution in [1.82, 2.24) is 0 Å². The zero-order chi connectivity index (χ0) is 43.2. The lowest BCUT2D eigenvalue weighted by molar-refractivity contribution is 0.638. The quantitative estimate of drug-likeness (QED) is 0.224. The third kappa shape index (κ3) is 3.17. The maximum Gasteiger partial charge on any atom is 0.141 e. The molecule has 1 heterocycles. The van der Waals surface area contributed by atoms with Gasteiger partial charge >= 0.3 is 0 Å². The molecule has 1 aliphatic carbocycles. The van der Waals surface area contributed by atoms with Crippen molar-refractivity contribution in [2.24, 2.45) is 0 Å². The van der Waals surface area contributed by atoms with Gasteiger partial charge < -0.3 is 9.32 Å². The van der Waals surface area contributed by atoms with Gasteiger partial charge in [0.1, 0.15) is 11.2 Å². The third-order valence-corrected chi connectivity index (χ3v) is 7.19. The van der Waals surface area contributed by atoms with E-state index in [1.807, 2.05) is 0 Å². The molecule has 40 heavy (non-hydrogen) atoms. The van der Waals surface area contributed by atoms with E-state index in [0.29, 0.717) is 0 Å². The first-order valence-corrected chi connectivity index (χ1v) is 12.2. The van der Waals surface area contributed by atoms with Gasteiger partial charge in [-0.3, -0.25) is 0 Å². The van der Waals surface area contributed by atoms with Gasteiger partial charge in [-0.15, -0.1) is 0 Å². The summed E-state index contributed by atoms with van der Waals surface area (Å²) < 4.78 is 174. The van der Waals surface area contributed by atoms with Gasteiger partial charge in [0.15, 0.2) is 0 Å². The first kappa shape index (κ1) is 10.8. The van der Waals surface area contributed by atoms with E-state index in [9.17, 15) is 4.11 Å². The maximum atomic E-state index is 9.46. The number of hydrogen-bond acceptors (Lipinski definition) is 2. The summed E-state index contributed by atoms with van der Waals surface area (Å²) in [7, 11) is 0. The number of rotatable bonds is 4. The molecule has 0 N–H and O–H groups in total. The van der Waals surface area contributed by atoms with Crippen LogP contribution in [0.5, 0.6) is 0 Å². The first-order chi connectivity index (χ1) is 27.6. The van der Waals surface area contributed by atoms with Crippen molar-refractivity contribution < 1.29 is 30.5 Å². The molecule has 0 unspecified atom stereocenters. The van der Waals surface area contributed by atoms with E-state index in [0.717, 1.165) is 35.2 Å². The number of nitrogens with zero attached hydrogens (tertiary/aromatic N) is 1. The second-order valence-electron chi connectivity index (χ2n) is 9.25. The molecule has 6 aromatic carbocycles. The Morgan fingerprint density at radius 3 is 2.05 bits per heavy atom. The van der Waals surface area contributed by atoms with Gasteiger partial charge in [0.25, 0.3) is 0 Å². The van der Waals surface area contributed by atoms with Crippen molar-refractivity contribution in [3.63, 3.8) is 0 Å². The topological polar surface area (TPSA) is 16.4 Å². The standard InChI is InChI=1S/C38H27NO/c1-38(32-21-11-8-18-28(32)29-19-9-12-22-33(29)38)36-34(25-24-31-30-20-10-13-23-35(30)40-37(31)36)39(26-14-4-2-5-15-26)27-16-6-3-7-17-27/h2-25H,1H3/i2D,4D,5D,6D,7D,8D,9D,10D,11D,12D,13D,14D,16D,18D,19D,20D,21D,22D,24D. The number of furan rings is 1. The molecule has 0 saturated heterocycles. The number of anilines is 3. The van der Waals surface area contributed by atoms with E-state index in [2.05, 4.69) is 0 Å². The molecule has 0 spiro atoms. The van der Waals surface area contributed by atoms with Crippen LogP contribution in [0.3, 0.4) is 0 Å². The van der Waals surface area contributed by atoms with Crippen molar-refractivity contribution in [3.8, 4) is 11.1 Å². The van der Waals surface area contributed by atoms with Gasteiger partial charge in [-0.05, 0) is 71.6 Å². The Labute approximate surface area is 260 Å². The smallest absolute Gasteiger partial charge is 0.141 e. The van der Waals surface area contributed by atoms with Crippen molar-refractivity contribution in [3.05, 3.63) is 162 Å². The lowest BCUT2D eigenvalue weighted by Gasteiger charge is -2.35. The second kappa shape index (κ2) is 8.72. The summed E-state index contributed by atoms with van der Waals surface area (Å²) in [5.74, 6) is 0. The summed E-state index contributed by atoms with van der Waals surface area (Å²) in [4.78, 5) is 1.07. The summed E-state index contributed by atoms with van der Waals surface area (Å²) in [5.41, 5.74) is -5.01. The second-order valence-corrected chi connectivity index (χ2v) is 9.25. The van der Waals surface area contributed by atoms with E-state index >= 15 is 0 Å². The number of hydrogen-bond donors (Lipinski definition) is 0. The Balaban J connectivity index is 1.72. The highest BCUT2D eigenvalue weighted by Gasteiger charge is 2.44. The molecule has 0 aliphatic heterocycles. The SMILES string of the molecule is [2H]c1cc([2H])c([2H])c(N(c2cc([2H])c([2H])c([2H])c2[2H])c2cc([2H])c3c(oc4cc([2H])c([2H])c([2H])c43)c2C2(C)c3c([2H])c([2H])c([2H])c([2H])c3-c3c([2H])c([2H])c([2H])c([2H])c32)c1. The maximum absolute atomic E-state index is 9.46. The molecular formula is C38H27NO. The van der Waals surface area contributed by atoms with Crippen LogP contribution in [0.15, 0.2) is 150 Å². The normalized spacial score (nSPS) is 20.0.